The number of ether oxygens (including phenoxy) is 1. The first-order valence-electron chi connectivity index (χ1n) is 6.64. The predicted octanol–water partition coefficient (Wildman–Crippen LogP) is 3.72. The number of carbonyl (C=O) groups excluding carboxylic acids is 1. The number of nitrogens with zero attached hydrogens (tertiary/aromatic N) is 1. The molecule has 0 spiro atoms. The van der Waals surface area contributed by atoms with Crippen LogP contribution in [0.1, 0.15) is 12.0 Å². The van der Waals surface area contributed by atoms with Crippen molar-refractivity contribution in [3.8, 4) is 0 Å². The van der Waals surface area contributed by atoms with Gasteiger partial charge in [-0.1, -0.05) is 29.3 Å². The van der Waals surface area contributed by atoms with Gasteiger partial charge < -0.3 is 9.64 Å². The molecule has 0 bridgehead atoms. The summed E-state index contributed by atoms with van der Waals surface area (Å²) in [6.07, 6.45) is -4.10. The van der Waals surface area contributed by atoms with Gasteiger partial charge in [-0.15, -0.1) is 0 Å². The first kappa shape index (κ1) is 17.4. The number of amides is 1. The Morgan fingerprint density at radius 1 is 1.27 bits per heavy atom. The van der Waals surface area contributed by atoms with E-state index in [1.807, 2.05) is 0 Å². The Morgan fingerprint density at radius 2 is 1.95 bits per heavy atom. The summed E-state index contributed by atoms with van der Waals surface area (Å²) in [4.78, 5) is 13.4. The minimum absolute atomic E-state index is 0.113. The van der Waals surface area contributed by atoms with Gasteiger partial charge in [0.15, 0.2) is 0 Å². The van der Waals surface area contributed by atoms with Gasteiger partial charge in [0.2, 0.25) is 5.91 Å². The van der Waals surface area contributed by atoms with Gasteiger partial charge in [0.05, 0.1) is 16.1 Å². The van der Waals surface area contributed by atoms with Crippen LogP contribution in [-0.4, -0.2) is 42.8 Å². The topological polar surface area (TPSA) is 29.5 Å². The lowest BCUT2D eigenvalue weighted by Gasteiger charge is -2.39. The summed E-state index contributed by atoms with van der Waals surface area (Å²) in [5, 5.41) is 0.875. The summed E-state index contributed by atoms with van der Waals surface area (Å²) in [6.45, 7) is -0.866. The maximum absolute atomic E-state index is 12.0. The fourth-order valence-electron chi connectivity index (χ4n) is 2.06. The smallest absolute Gasteiger partial charge is 0.365 e. The Kier molecular flexibility index (Phi) is 5.58. The highest BCUT2D eigenvalue weighted by molar-refractivity contribution is 6.42. The Bertz CT molecular complexity index is 545. The SMILES string of the molecule is O=C(CCc1ccc(Cl)c(Cl)c1)N1CC(OCC(F)(F)F)C1. The van der Waals surface area contributed by atoms with Crippen molar-refractivity contribution in [2.45, 2.75) is 25.1 Å². The van der Waals surface area contributed by atoms with Gasteiger partial charge in [0, 0.05) is 19.5 Å². The molecular weight excluding hydrogens is 342 g/mol. The lowest BCUT2D eigenvalue weighted by atomic mass is 10.1. The normalized spacial score (nSPS) is 15.8. The number of alkyl halides is 3. The first-order chi connectivity index (χ1) is 10.2. The molecule has 1 saturated heterocycles. The van der Waals surface area contributed by atoms with Gasteiger partial charge in [0.1, 0.15) is 6.61 Å². The van der Waals surface area contributed by atoms with Gasteiger partial charge in [-0.3, -0.25) is 4.79 Å². The predicted molar refractivity (Wildman–Crippen MR) is 77.2 cm³/mol. The fraction of sp³-hybridized carbons (Fsp3) is 0.500. The molecule has 1 fully saturated rings. The average molecular weight is 356 g/mol. The first-order valence-corrected chi connectivity index (χ1v) is 7.40. The quantitative estimate of drug-likeness (QED) is 0.805. The number of rotatable bonds is 5. The average Bonchev–Trinajstić information content (AvgIpc) is 2.37. The maximum atomic E-state index is 12.0. The van der Waals surface area contributed by atoms with E-state index < -0.39 is 18.9 Å². The summed E-state index contributed by atoms with van der Waals surface area (Å²) < 4.78 is 40.6. The maximum Gasteiger partial charge on any atom is 0.411 e. The van der Waals surface area contributed by atoms with Crippen LogP contribution in [0.4, 0.5) is 13.2 Å². The van der Waals surface area contributed by atoms with Crippen LogP contribution < -0.4 is 0 Å². The molecule has 8 heteroatoms. The highest BCUT2D eigenvalue weighted by atomic mass is 35.5. The molecule has 22 heavy (non-hydrogen) atoms. The highest BCUT2D eigenvalue weighted by Gasteiger charge is 2.35. The molecule has 0 atom stereocenters. The van der Waals surface area contributed by atoms with Crippen LogP contribution in [0.2, 0.25) is 10.0 Å². The lowest BCUT2D eigenvalue weighted by Crippen LogP contribution is -2.55. The Labute approximate surface area is 135 Å². The Hall–Kier alpha value is -0.980. The largest absolute Gasteiger partial charge is 0.411 e. The van der Waals surface area contributed by atoms with E-state index in [0.29, 0.717) is 16.5 Å². The van der Waals surface area contributed by atoms with Gasteiger partial charge in [0.25, 0.3) is 0 Å². The number of halogens is 5. The van der Waals surface area contributed by atoms with Crippen molar-refractivity contribution in [2.24, 2.45) is 0 Å². The molecule has 0 unspecified atom stereocenters. The molecule has 0 radical (unpaired) electrons. The van der Waals surface area contributed by atoms with E-state index in [4.69, 9.17) is 23.2 Å². The molecule has 1 amide bonds. The summed E-state index contributed by atoms with van der Waals surface area (Å²) in [5.74, 6) is -0.113. The standard InChI is InChI=1S/C14H14Cl2F3NO2/c15-11-3-1-9(5-12(11)16)2-4-13(21)20-6-10(7-20)22-8-14(17,18)19/h1,3,5,10H,2,4,6-8H2. The van der Waals surface area contributed by atoms with E-state index in [9.17, 15) is 18.0 Å². The lowest BCUT2D eigenvalue weighted by molar-refractivity contribution is -0.200. The monoisotopic (exact) mass is 355 g/mol. The molecule has 1 aromatic rings. The Balaban J connectivity index is 1.70. The van der Waals surface area contributed by atoms with Crippen molar-refractivity contribution >= 4 is 29.1 Å². The van der Waals surface area contributed by atoms with Crippen molar-refractivity contribution < 1.29 is 22.7 Å². The number of benzene rings is 1. The summed E-state index contributed by atoms with van der Waals surface area (Å²) in [6, 6.07) is 5.14. The summed E-state index contributed by atoms with van der Waals surface area (Å²) >= 11 is 11.7. The molecule has 2 rings (SSSR count). The Morgan fingerprint density at radius 3 is 2.55 bits per heavy atom. The summed E-state index contributed by atoms with van der Waals surface area (Å²) in [5.41, 5.74) is 0.883. The van der Waals surface area contributed by atoms with Crippen molar-refractivity contribution in [3.63, 3.8) is 0 Å². The minimum Gasteiger partial charge on any atom is -0.365 e. The number of hydrogen-bond donors (Lipinski definition) is 0. The molecular formula is C14H14Cl2F3NO2. The van der Waals surface area contributed by atoms with Gasteiger partial charge in [-0.05, 0) is 24.1 Å². The van der Waals surface area contributed by atoms with Gasteiger partial charge in [-0.2, -0.15) is 13.2 Å². The molecule has 0 aromatic heterocycles. The van der Waals surface area contributed by atoms with Crippen molar-refractivity contribution in [3.05, 3.63) is 33.8 Å². The summed E-state index contributed by atoms with van der Waals surface area (Å²) in [7, 11) is 0. The highest BCUT2D eigenvalue weighted by Crippen LogP contribution is 2.24. The third-order valence-electron chi connectivity index (χ3n) is 3.30. The second-order valence-electron chi connectivity index (χ2n) is 5.10. The number of hydrogen-bond acceptors (Lipinski definition) is 2. The third-order valence-corrected chi connectivity index (χ3v) is 4.03. The van der Waals surface area contributed by atoms with Crippen LogP contribution in [0.25, 0.3) is 0 Å². The van der Waals surface area contributed by atoms with E-state index >= 15 is 0 Å². The second-order valence-corrected chi connectivity index (χ2v) is 5.91. The van der Waals surface area contributed by atoms with Crippen LogP contribution in [-0.2, 0) is 16.0 Å². The molecule has 1 aromatic carbocycles. The van der Waals surface area contributed by atoms with Gasteiger partial charge in [-0.25, -0.2) is 0 Å². The van der Waals surface area contributed by atoms with E-state index in [0.717, 1.165) is 5.56 Å². The minimum atomic E-state index is -4.34. The molecule has 0 aliphatic carbocycles. The van der Waals surface area contributed by atoms with Crippen molar-refractivity contribution in [1.29, 1.82) is 0 Å². The van der Waals surface area contributed by atoms with Crippen LogP contribution >= 0.6 is 23.2 Å². The molecule has 0 N–H and O–H groups in total. The molecule has 3 nitrogen and oxygen atoms in total. The zero-order valence-corrected chi connectivity index (χ0v) is 13.0. The zero-order chi connectivity index (χ0) is 16.3. The molecule has 1 heterocycles. The van der Waals surface area contributed by atoms with Crippen LogP contribution in [0, 0.1) is 0 Å². The van der Waals surface area contributed by atoms with Crippen LogP contribution in [0.5, 0.6) is 0 Å². The zero-order valence-electron chi connectivity index (χ0n) is 11.5. The number of carbonyl (C=O) groups is 1. The van der Waals surface area contributed by atoms with Gasteiger partial charge >= 0.3 is 6.18 Å². The second kappa shape index (κ2) is 7.06. The van der Waals surface area contributed by atoms with Crippen LogP contribution in [0.3, 0.4) is 0 Å². The van der Waals surface area contributed by atoms with Crippen LogP contribution in [0.15, 0.2) is 18.2 Å². The molecule has 1 aliphatic rings. The van der Waals surface area contributed by atoms with E-state index in [1.54, 1.807) is 18.2 Å². The molecule has 1 aliphatic heterocycles. The molecule has 122 valence electrons. The fourth-order valence-corrected chi connectivity index (χ4v) is 2.38. The molecule has 0 saturated carbocycles. The number of likely N-dealkylation sites (tertiary alicyclic amines) is 1. The van der Waals surface area contributed by atoms with Crippen molar-refractivity contribution in [1.82, 2.24) is 4.90 Å². The van der Waals surface area contributed by atoms with E-state index in [-0.39, 0.29) is 25.4 Å². The van der Waals surface area contributed by atoms with E-state index in [2.05, 4.69) is 4.74 Å². The number of aryl methyl sites for hydroxylation is 1. The van der Waals surface area contributed by atoms with Crippen molar-refractivity contribution in [2.75, 3.05) is 19.7 Å². The third kappa shape index (κ3) is 5.04. The van der Waals surface area contributed by atoms with E-state index in [1.165, 1.54) is 4.90 Å².